The van der Waals surface area contributed by atoms with Crippen LogP contribution < -0.4 is 20.3 Å². The number of hydrogen-bond acceptors (Lipinski definition) is 8. The first-order chi connectivity index (χ1) is 17.5. The molecular formula is C24H18F3N3O7. The Morgan fingerprint density at radius 3 is 2.59 bits per heavy atom. The van der Waals surface area contributed by atoms with E-state index in [1.165, 1.54) is 10.6 Å². The van der Waals surface area contributed by atoms with Gasteiger partial charge in [-0.15, -0.1) is 0 Å². The molecule has 6 rings (SSSR count). The van der Waals surface area contributed by atoms with E-state index in [1.807, 2.05) is 5.32 Å². The predicted molar refractivity (Wildman–Crippen MR) is 119 cm³/mol. The first-order valence-electron chi connectivity index (χ1n) is 11.3. The predicted octanol–water partition coefficient (Wildman–Crippen LogP) is 1.99. The van der Waals surface area contributed by atoms with Gasteiger partial charge in [0.15, 0.2) is 17.1 Å². The molecule has 0 fully saturated rings. The fourth-order valence-electron chi connectivity index (χ4n) is 5.02. The molecule has 0 aliphatic carbocycles. The molecule has 1 atom stereocenters. The lowest BCUT2D eigenvalue weighted by Crippen LogP contribution is -2.44. The maximum atomic E-state index is 13.4. The Hall–Kier alpha value is -4.13. The first-order valence-corrected chi connectivity index (χ1v) is 11.3. The number of ether oxygens (including phenoxy) is 3. The molecule has 1 aromatic carbocycles. The van der Waals surface area contributed by atoms with E-state index in [9.17, 15) is 32.7 Å². The standard InChI is InChI=1S/C24H18F3N3O7/c1-2-23(34)14-4-16-19-12(7-30(16)20(31)13(14)8-35-22(23)33)11(6-28-21(32)24(25,26)27)10-3-17-18(37-9-36-17)5-15(10)29-19/h3-5,34H,2,6-9H2,1H3,(H,28,32). The minimum atomic E-state index is -5.08. The zero-order chi connectivity index (χ0) is 26.3. The number of halogens is 3. The van der Waals surface area contributed by atoms with Crippen molar-refractivity contribution in [3.8, 4) is 22.9 Å². The maximum Gasteiger partial charge on any atom is 0.471 e. The van der Waals surface area contributed by atoms with Crippen LogP contribution in [0.15, 0.2) is 23.0 Å². The number of esters is 1. The van der Waals surface area contributed by atoms with Crippen molar-refractivity contribution in [3.63, 3.8) is 0 Å². The van der Waals surface area contributed by atoms with Crippen molar-refractivity contribution < 1.29 is 42.1 Å². The number of carbonyl (C=O) groups is 2. The number of amides is 1. The van der Waals surface area contributed by atoms with E-state index < -0.39 is 35.8 Å². The molecule has 13 heteroatoms. The first kappa shape index (κ1) is 23.3. The fourth-order valence-corrected chi connectivity index (χ4v) is 5.02. The number of aliphatic hydroxyl groups is 1. The van der Waals surface area contributed by atoms with Gasteiger partial charge in [0.2, 0.25) is 6.79 Å². The average Bonchev–Trinajstić information content (AvgIpc) is 3.46. The van der Waals surface area contributed by atoms with E-state index >= 15 is 0 Å². The van der Waals surface area contributed by atoms with Gasteiger partial charge < -0.3 is 29.2 Å². The molecule has 2 aromatic heterocycles. The monoisotopic (exact) mass is 517 g/mol. The van der Waals surface area contributed by atoms with Crippen LogP contribution in [0.25, 0.3) is 22.3 Å². The molecule has 192 valence electrons. The van der Waals surface area contributed by atoms with Crippen LogP contribution in [0.4, 0.5) is 13.2 Å². The van der Waals surface area contributed by atoms with Crippen molar-refractivity contribution in [3.05, 3.63) is 50.8 Å². The number of rotatable bonds is 3. The lowest BCUT2D eigenvalue weighted by Gasteiger charge is -2.31. The van der Waals surface area contributed by atoms with Gasteiger partial charge in [-0.3, -0.25) is 9.59 Å². The summed E-state index contributed by atoms with van der Waals surface area (Å²) in [6.45, 7) is 0.663. The van der Waals surface area contributed by atoms with Gasteiger partial charge in [-0.25, -0.2) is 9.78 Å². The molecule has 0 saturated carbocycles. The van der Waals surface area contributed by atoms with Crippen LogP contribution in [0.3, 0.4) is 0 Å². The van der Waals surface area contributed by atoms with E-state index in [1.54, 1.807) is 19.1 Å². The zero-order valence-electron chi connectivity index (χ0n) is 19.2. The number of benzene rings is 1. The van der Waals surface area contributed by atoms with Crippen molar-refractivity contribution in [2.45, 2.75) is 44.8 Å². The van der Waals surface area contributed by atoms with E-state index in [2.05, 4.69) is 4.98 Å². The van der Waals surface area contributed by atoms with E-state index in [-0.39, 0.29) is 48.9 Å². The Balaban J connectivity index is 1.58. The molecule has 37 heavy (non-hydrogen) atoms. The third-order valence-electron chi connectivity index (χ3n) is 6.98. The summed E-state index contributed by atoms with van der Waals surface area (Å²) in [4.78, 5) is 42.1. The summed E-state index contributed by atoms with van der Waals surface area (Å²) in [6, 6.07) is 4.63. The third kappa shape index (κ3) is 3.30. The summed E-state index contributed by atoms with van der Waals surface area (Å²) >= 11 is 0. The number of fused-ring (bicyclic) bond motifs is 6. The highest BCUT2D eigenvalue weighted by Gasteiger charge is 2.45. The van der Waals surface area contributed by atoms with Crippen molar-refractivity contribution in [1.29, 1.82) is 0 Å². The smallest absolute Gasteiger partial charge is 0.458 e. The molecule has 3 aliphatic rings. The molecular weight excluding hydrogens is 499 g/mol. The summed E-state index contributed by atoms with van der Waals surface area (Å²) in [5.41, 5.74) is -0.708. The Kier molecular flexibility index (Phi) is 4.83. The summed E-state index contributed by atoms with van der Waals surface area (Å²) < 4.78 is 56.0. The SMILES string of the molecule is CCC1(O)C(=O)OCc2c1cc1n(c2=O)Cc2c-1nc1cc3c(cc1c2CNC(=O)C(F)(F)F)OCO3. The summed E-state index contributed by atoms with van der Waals surface area (Å²) in [6.07, 6.45) is -5.13. The number of hydrogen-bond donors (Lipinski definition) is 2. The lowest BCUT2D eigenvalue weighted by molar-refractivity contribution is -0.173. The largest absolute Gasteiger partial charge is 0.471 e. The van der Waals surface area contributed by atoms with E-state index in [4.69, 9.17) is 14.2 Å². The number of cyclic esters (lactones) is 1. The molecule has 2 N–H and O–H groups in total. The fraction of sp³-hybridized carbons (Fsp3) is 0.333. The minimum Gasteiger partial charge on any atom is -0.458 e. The molecule has 0 bridgehead atoms. The van der Waals surface area contributed by atoms with Gasteiger partial charge in [0, 0.05) is 29.1 Å². The van der Waals surface area contributed by atoms with E-state index in [0.717, 1.165) is 0 Å². The molecule has 3 aromatic rings. The molecule has 10 nitrogen and oxygen atoms in total. The Bertz CT molecular complexity index is 1600. The van der Waals surface area contributed by atoms with Gasteiger partial charge in [-0.2, -0.15) is 13.2 Å². The van der Waals surface area contributed by atoms with Crippen molar-refractivity contribution in [2.24, 2.45) is 0 Å². The minimum absolute atomic E-state index is 0.0401. The second kappa shape index (κ2) is 7.68. The number of pyridine rings is 2. The lowest BCUT2D eigenvalue weighted by atomic mass is 9.86. The second-order valence-electron chi connectivity index (χ2n) is 8.92. The van der Waals surface area contributed by atoms with E-state index in [0.29, 0.717) is 33.5 Å². The molecule has 5 heterocycles. The second-order valence-corrected chi connectivity index (χ2v) is 8.92. The molecule has 0 radical (unpaired) electrons. The number of nitrogens with one attached hydrogen (secondary N) is 1. The Morgan fingerprint density at radius 2 is 1.89 bits per heavy atom. The zero-order valence-corrected chi connectivity index (χ0v) is 19.2. The molecule has 1 unspecified atom stereocenters. The molecule has 3 aliphatic heterocycles. The number of alkyl halides is 3. The highest BCUT2D eigenvalue weighted by Crippen LogP contribution is 2.43. The number of aromatic nitrogens is 2. The number of nitrogens with zero attached hydrogens (tertiary/aromatic N) is 2. The molecule has 1 amide bonds. The average molecular weight is 517 g/mol. The van der Waals surface area contributed by atoms with Gasteiger partial charge in [0.25, 0.3) is 5.56 Å². The van der Waals surface area contributed by atoms with Gasteiger partial charge >= 0.3 is 18.1 Å². The molecule has 0 saturated heterocycles. The van der Waals surface area contributed by atoms with Crippen LogP contribution in [-0.4, -0.2) is 39.5 Å². The number of carbonyl (C=O) groups excluding carboxylic acids is 2. The Morgan fingerprint density at radius 1 is 1.16 bits per heavy atom. The quantitative estimate of drug-likeness (QED) is 0.395. The maximum absolute atomic E-state index is 13.4. The van der Waals surface area contributed by atoms with Crippen LogP contribution in [0.1, 0.15) is 35.6 Å². The highest BCUT2D eigenvalue weighted by atomic mass is 19.4. The van der Waals surface area contributed by atoms with Crippen LogP contribution in [0.5, 0.6) is 11.5 Å². The highest BCUT2D eigenvalue weighted by molar-refractivity contribution is 5.92. The van der Waals surface area contributed by atoms with Crippen molar-refractivity contribution in [1.82, 2.24) is 14.9 Å². The summed E-state index contributed by atoms with van der Waals surface area (Å²) in [7, 11) is 0. The van der Waals surface area contributed by atoms with Gasteiger partial charge in [0.05, 0.1) is 29.0 Å². The van der Waals surface area contributed by atoms with Crippen LogP contribution in [0.2, 0.25) is 0 Å². The summed E-state index contributed by atoms with van der Waals surface area (Å²) in [5, 5.41) is 13.3. The third-order valence-corrected chi connectivity index (χ3v) is 6.98. The Labute approximate surface area is 205 Å². The topological polar surface area (TPSA) is 129 Å². The van der Waals surface area contributed by atoms with Crippen LogP contribution >= 0.6 is 0 Å². The van der Waals surface area contributed by atoms with Crippen molar-refractivity contribution in [2.75, 3.05) is 6.79 Å². The van der Waals surface area contributed by atoms with Gasteiger partial charge in [-0.05, 0) is 24.1 Å². The summed E-state index contributed by atoms with van der Waals surface area (Å²) in [5.74, 6) is -2.24. The van der Waals surface area contributed by atoms with Crippen LogP contribution in [-0.2, 0) is 39.6 Å². The van der Waals surface area contributed by atoms with Gasteiger partial charge in [-0.1, -0.05) is 6.92 Å². The van der Waals surface area contributed by atoms with Crippen LogP contribution in [0, 0.1) is 0 Å². The van der Waals surface area contributed by atoms with Crippen molar-refractivity contribution >= 4 is 22.8 Å². The van der Waals surface area contributed by atoms with Gasteiger partial charge in [0.1, 0.15) is 6.61 Å². The normalized spacial score (nSPS) is 19.3. The molecule has 0 spiro atoms.